The van der Waals surface area contributed by atoms with Gasteiger partial charge in [-0.15, -0.1) is 0 Å². The van der Waals surface area contributed by atoms with Crippen LogP contribution in [0.5, 0.6) is 0 Å². The minimum absolute atomic E-state index is 0.120. The summed E-state index contributed by atoms with van der Waals surface area (Å²) < 4.78 is 47.1. The Morgan fingerprint density at radius 3 is 2.23 bits per heavy atom. The fraction of sp³-hybridized carbons (Fsp3) is 0.462. The van der Waals surface area contributed by atoms with Gasteiger partial charge in [0.2, 0.25) is 0 Å². The average Bonchev–Trinajstić information content (AvgIpc) is 2.49. The highest BCUT2D eigenvalue weighted by Crippen LogP contribution is 2.36. The molecule has 120 valence electrons. The van der Waals surface area contributed by atoms with Crippen molar-refractivity contribution in [2.24, 2.45) is 0 Å². The van der Waals surface area contributed by atoms with Gasteiger partial charge < -0.3 is 10.1 Å². The van der Waals surface area contributed by atoms with E-state index in [1.54, 1.807) is 0 Å². The topological polar surface area (TPSA) is 111 Å². The van der Waals surface area contributed by atoms with Gasteiger partial charge in [-0.25, -0.2) is 8.42 Å². The Hall–Kier alpha value is -1.05. The molecule has 1 fully saturated rings. The van der Waals surface area contributed by atoms with Crippen molar-refractivity contribution in [3.63, 3.8) is 0 Å². The van der Waals surface area contributed by atoms with Crippen molar-refractivity contribution in [1.82, 2.24) is 0 Å². The molecule has 1 atom stereocenters. The van der Waals surface area contributed by atoms with E-state index in [1.165, 1.54) is 24.3 Å². The Bertz CT molecular complexity index is 734. The fourth-order valence-electron chi connectivity index (χ4n) is 2.69. The van der Waals surface area contributed by atoms with Crippen LogP contribution >= 0.6 is 11.6 Å². The van der Waals surface area contributed by atoms with Crippen molar-refractivity contribution in [2.45, 2.75) is 41.7 Å². The van der Waals surface area contributed by atoms with Crippen LogP contribution in [0.1, 0.15) is 32.1 Å². The summed E-state index contributed by atoms with van der Waals surface area (Å²) in [7, 11) is -4.22. The van der Waals surface area contributed by atoms with Gasteiger partial charge >= 0.3 is 5.04 Å². The van der Waals surface area contributed by atoms with Gasteiger partial charge in [0.05, 0.1) is 4.90 Å². The molecule has 1 unspecified atom stereocenters. The molecular formula is C13H14ClN2O4S2-. The SMILES string of the molecule is [N-]=[N+]=C(C1(S(=O)[O-])CCCCC1)S(=O)(=O)c1ccc(Cl)cc1. The van der Waals surface area contributed by atoms with Crippen molar-refractivity contribution in [3.8, 4) is 0 Å². The summed E-state index contributed by atoms with van der Waals surface area (Å²) in [5, 5.41) is -0.364. The Morgan fingerprint density at radius 1 is 1.23 bits per heavy atom. The fourth-order valence-corrected chi connectivity index (χ4v) is 5.67. The highest BCUT2D eigenvalue weighted by atomic mass is 35.5. The number of benzene rings is 1. The summed E-state index contributed by atoms with van der Waals surface area (Å²) in [4.78, 5) is 2.73. The molecule has 0 heterocycles. The van der Waals surface area contributed by atoms with Crippen molar-refractivity contribution in [3.05, 3.63) is 34.8 Å². The normalized spacial score (nSPS) is 19.2. The third-order valence-corrected chi connectivity index (χ3v) is 7.33. The molecule has 0 amide bonds. The van der Waals surface area contributed by atoms with Crippen LogP contribution in [0.2, 0.25) is 5.02 Å². The number of sulfone groups is 1. The Morgan fingerprint density at radius 2 is 1.77 bits per heavy atom. The summed E-state index contributed by atoms with van der Waals surface area (Å²) >= 11 is 3.02. The summed E-state index contributed by atoms with van der Waals surface area (Å²) in [6.45, 7) is 0. The number of halogens is 1. The summed E-state index contributed by atoms with van der Waals surface area (Å²) in [5.41, 5.74) is 9.25. The average molecular weight is 362 g/mol. The smallest absolute Gasteiger partial charge is 0.403 e. The molecule has 1 aliphatic carbocycles. The predicted molar refractivity (Wildman–Crippen MR) is 82.0 cm³/mol. The van der Waals surface area contributed by atoms with Crippen molar-refractivity contribution in [1.29, 1.82) is 0 Å². The lowest BCUT2D eigenvalue weighted by molar-refractivity contribution is -0.00759. The van der Waals surface area contributed by atoms with E-state index in [2.05, 4.69) is 4.79 Å². The van der Waals surface area contributed by atoms with Crippen molar-refractivity contribution < 1.29 is 22.0 Å². The third kappa shape index (κ3) is 3.02. The molecule has 22 heavy (non-hydrogen) atoms. The minimum atomic E-state index is -4.22. The van der Waals surface area contributed by atoms with Crippen LogP contribution in [0.15, 0.2) is 29.2 Å². The van der Waals surface area contributed by atoms with Gasteiger partial charge in [-0.2, -0.15) is 4.79 Å². The van der Waals surface area contributed by atoms with Crippen molar-refractivity contribution in [2.75, 3.05) is 0 Å². The largest absolute Gasteiger partial charge is 0.771 e. The molecule has 0 aromatic heterocycles. The number of hydrogen-bond donors (Lipinski definition) is 0. The second-order valence-corrected chi connectivity index (χ2v) is 8.70. The molecule has 6 nitrogen and oxygen atoms in total. The van der Waals surface area contributed by atoms with Gasteiger partial charge in [0.25, 0.3) is 9.84 Å². The Balaban J connectivity index is 2.57. The van der Waals surface area contributed by atoms with E-state index in [1.807, 2.05) is 0 Å². The van der Waals surface area contributed by atoms with Crippen LogP contribution in [0, 0.1) is 0 Å². The predicted octanol–water partition coefficient (Wildman–Crippen LogP) is 2.32. The first-order valence-electron chi connectivity index (χ1n) is 6.67. The highest BCUT2D eigenvalue weighted by Gasteiger charge is 2.52. The zero-order chi connectivity index (χ0) is 16.4. The molecule has 0 spiro atoms. The molecule has 0 aliphatic heterocycles. The monoisotopic (exact) mass is 361 g/mol. The zero-order valence-corrected chi connectivity index (χ0v) is 14.0. The lowest BCUT2D eigenvalue weighted by atomic mass is 9.89. The molecule has 1 aromatic rings. The van der Waals surface area contributed by atoms with Crippen LogP contribution in [0.25, 0.3) is 5.53 Å². The van der Waals surface area contributed by atoms with Crippen LogP contribution < -0.4 is 0 Å². The van der Waals surface area contributed by atoms with Crippen LogP contribution in [0.4, 0.5) is 0 Å². The lowest BCUT2D eigenvalue weighted by Crippen LogP contribution is -2.48. The summed E-state index contributed by atoms with van der Waals surface area (Å²) in [6.07, 6.45) is 2.18. The van der Waals surface area contributed by atoms with Crippen LogP contribution in [0.3, 0.4) is 0 Å². The zero-order valence-electron chi connectivity index (χ0n) is 11.6. The third-order valence-electron chi connectivity index (χ3n) is 3.84. The van der Waals surface area contributed by atoms with E-state index in [0.29, 0.717) is 17.9 Å². The molecule has 0 saturated heterocycles. The maximum atomic E-state index is 12.7. The maximum absolute atomic E-state index is 12.7. The molecule has 0 bridgehead atoms. The van der Waals surface area contributed by atoms with Gasteiger partial charge in [-0.1, -0.05) is 30.9 Å². The summed E-state index contributed by atoms with van der Waals surface area (Å²) in [6, 6.07) is 5.27. The standard InChI is InChI=1S/C13H15ClN2O4S2/c14-10-4-6-11(7-5-10)22(19,20)12(16-15)13(21(17)18)8-2-1-3-9-13/h4-7H,1-3,8-9H2,(H,17,18)/p-1. The highest BCUT2D eigenvalue weighted by molar-refractivity contribution is 8.08. The number of nitrogens with zero attached hydrogens (tertiary/aromatic N) is 2. The lowest BCUT2D eigenvalue weighted by Gasteiger charge is -2.34. The molecule has 0 N–H and O–H groups in total. The first-order chi connectivity index (χ1) is 10.3. The molecule has 0 radical (unpaired) electrons. The molecule has 9 heteroatoms. The van der Waals surface area contributed by atoms with Gasteiger partial charge in [-0.05, 0) is 48.2 Å². The van der Waals surface area contributed by atoms with E-state index >= 15 is 0 Å². The van der Waals surface area contributed by atoms with Crippen molar-refractivity contribution >= 4 is 37.6 Å². The molecule has 1 aliphatic rings. The minimum Gasteiger partial charge on any atom is -0.771 e. The van der Waals surface area contributed by atoms with Gasteiger partial charge in [0.1, 0.15) is 4.75 Å². The van der Waals surface area contributed by atoms with E-state index in [-0.39, 0.29) is 17.7 Å². The number of hydrogen-bond acceptors (Lipinski definition) is 4. The summed E-state index contributed by atoms with van der Waals surface area (Å²) in [5.74, 6) is 0. The van der Waals surface area contributed by atoms with Crippen LogP contribution in [-0.4, -0.2) is 31.8 Å². The molecule has 1 saturated carbocycles. The van der Waals surface area contributed by atoms with Gasteiger partial charge in [-0.3, -0.25) is 4.21 Å². The first kappa shape index (κ1) is 17.3. The Kier molecular flexibility index (Phi) is 5.19. The van der Waals surface area contributed by atoms with E-state index in [9.17, 15) is 22.7 Å². The second kappa shape index (κ2) is 6.60. The Labute approximate surface area is 136 Å². The van der Waals surface area contributed by atoms with E-state index in [0.717, 1.165) is 6.42 Å². The maximum Gasteiger partial charge on any atom is 0.403 e. The van der Waals surface area contributed by atoms with E-state index in [4.69, 9.17) is 11.6 Å². The van der Waals surface area contributed by atoms with Gasteiger partial charge in [0.15, 0.2) is 0 Å². The number of rotatable bonds is 3. The molecule has 1 aromatic carbocycles. The quantitative estimate of drug-likeness (QED) is 0.270. The van der Waals surface area contributed by atoms with E-state index < -0.39 is 30.7 Å². The van der Waals surface area contributed by atoms with Crippen LogP contribution in [-0.2, 0) is 20.9 Å². The first-order valence-corrected chi connectivity index (χ1v) is 9.61. The second-order valence-electron chi connectivity index (χ2n) is 5.15. The molecule has 2 rings (SSSR count). The van der Waals surface area contributed by atoms with Gasteiger partial charge in [0, 0.05) is 5.02 Å². The molecular weight excluding hydrogens is 348 g/mol.